The first-order valence-electron chi connectivity index (χ1n) is 10.4. The van der Waals surface area contributed by atoms with E-state index in [1.807, 2.05) is 17.7 Å². The highest BCUT2D eigenvalue weighted by Crippen LogP contribution is 2.44. The van der Waals surface area contributed by atoms with Gasteiger partial charge in [-0.3, -0.25) is 4.79 Å². The van der Waals surface area contributed by atoms with Crippen LogP contribution < -0.4 is 5.32 Å². The van der Waals surface area contributed by atoms with E-state index in [1.54, 1.807) is 0 Å². The Balaban J connectivity index is 1.72. The molecule has 1 aliphatic carbocycles. The van der Waals surface area contributed by atoms with Gasteiger partial charge in [0, 0.05) is 23.3 Å². The fraction of sp³-hybridized carbons (Fsp3) is 0.280. The minimum absolute atomic E-state index is 0.170. The Morgan fingerprint density at radius 3 is 2.55 bits per heavy atom. The van der Waals surface area contributed by atoms with Crippen molar-refractivity contribution in [2.75, 3.05) is 5.32 Å². The highest BCUT2D eigenvalue weighted by atomic mass is 16.1. The third kappa shape index (κ3) is 2.91. The molecular weight excluding hydrogens is 358 g/mol. The number of allylic oxidation sites excluding steroid dienone is 2. The van der Waals surface area contributed by atoms with E-state index in [4.69, 9.17) is 5.10 Å². The highest BCUT2D eigenvalue weighted by molar-refractivity contribution is 6.00. The molecule has 4 heteroatoms. The van der Waals surface area contributed by atoms with Gasteiger partial charge in [0.05, 0.1) is 5.69 Å². The molecule has 1 N–H and O–H groups in total. The van der Waals surface area contributed by atoms with Crippen molar-refractivity contribution in [2.45, 2.75) is 45.6 Å². The topological polar surface area (TPSA) is 46.9 Å². The summed E-state index contributed by atoms with van der Waals surface area (Å²) in [4.78, 5) is 13.0. The molecule has 3 aromatic rings. The molecular formula is C25H25N3O. The summed E-state index contributed by atoms with van der Waals surface area (Å²) >= 11 is 0. The number of anilines is 1. The second-order valence-electron chi connectivity index (χ2n) is 7.91. The average Bonchev–Trinajstić information content (AvgIpc) is 3.08. The number of carbonyl (C=O) groups is 1. The van der Waals surface area contributed by atoms with Crippen molar-refractivity contribution in [1.82, 2.24) is 9.78 Å². The van der Waals surface area contributed by atoms with Gasteiger partial charge in [-0.2, -0.15) is 5.10 Å². The third-order valence-corrected chi connectivity index (χ3v) is 6.10. The number of hydrogen-bond donors (Lipinski definition) is 1. The summed E-state index contributed by atoms with van der Waals surface area (Å²) in [6.07, 6.45) is 3.43. The van der Waals surface area contributed by atoms with Crippen LogP contribution in [0.25, 0.3) is 11.1 Å². The van der Waals surface area contributed by atoms with Crippen LogP contribution >= 0.6 is 0 Å². The van der Waals surface area contributed by atoms with Crippen molar-refractivity contribution >= 4 is 11.6 Å². The van der Waals surface area contributed by atoms with Crippen LogP contribution in [0.1, 0.15) is 49.0 Å². The van der Waals surface area contributed by atoms with Gasteiger partial charge in [-0.1, -0.05) is 61.5 Å². The van der Waals surface area contributed by atoms with Gasteiger partial charge in [-0.25, -0.2) is 4.68 Å². The number of fused-ring (bicyclic) bond motifs is 1. The minimum atomic E-state index is -0.170. The van der Waals surface area contributed by atoms with Crippen LogP contribution in [0.15, 0.2) is 65.9 Å². The Hall–Kier alpha value is -3.14. The SMILES string of the molecule is CCc1ccc(C2C3=C(CCCC3=O)Nc3c(-c4ccccc4)c(C)nn32)cc1. The van der Waals surface area contributed by atoms with Crippen LogP contribution in [0, 0.1) is 6.92 Å². The summed E-state index contributed by atoms with van der Waals surface area (Å²) in [5, 5.41) is 8.52. The van der Waals surface area contributed by atoms with Gasteiger partial charge in [0.1, 0.15) is 11.9 Å². The van der Waals surface area contributed by atoms with Crippen molar-refractivity contribution in [2.24, 2.45) is 0 Å². The number of benzene rings is 2. The number of carbonyl (C=O) groups excluding carboxylic acids is 1. The summed E-state index contributed by atoms with van der Waals surface area (Å²) < 4.78 is 2.03. The van der Waals surface area contributed by atoms with Crippen molar-refractivity contribution in [1.29, 1.82) is 0 Å². The minimum Gasteiger partial charge on any atom is -0.343 e. The molecule has 0 radical (unpaired) electrons. The number of nitrogens with one attached hydrogen (secondary N) is 1. The predicted molar refractivity (Wildman–Crippen MR) is 116 cm³/mol. The van der Waals surface area contributed by atoms with Gasteiger partial charge in [0.25, 0.3) is 0 Å². The Bertz CT molecular complexity index is 1110. The van der Waals surface area contributed by atoms with Crippen LogP contribution in [0.2, 0.25) is 0 Å². The predicted octanol–water partition coefficient (Wildman–Crippen LogP) is 5.44. The lowest BCUT2D eigenvalue weighted by Crippen LogP contribution is -2.31. The number of hydrogen-bond acceptors (Lipinski definition) is 3. The zero-order valence-electron chi connectivity index (χ0n) is 16.9. The van der Waals surface area contributed by atoms with E-state index in [-0.39, 0.29) is 11.8 Å². The first kappa shape index (κ1) is 17.9. The monoisotopic (exact) mass is 383 g/mol. The lowest BCUT2D eigenvalue weighted by molar-refractivity contribution is -0.116. The summed E-state index contributed by atoms with van der Waals surface area (Å²) in [5.41, 5.74) is 7.60. The number of aromatic nitrogens is 2. The molecule has 1 atom stereocenters. The summed E-state index contributed by atoms with van der Waals surface area (Å²) in [6, 6.07) is 18.8. The molecule has 4 nitrogen and oxygen atoms in total. The van der Waals surface area contributed by atoms with Crippen molar-refractivity contribution < 1.29 is 4.79 Å². The first-order valence-corrected chi connectivity index (χ1v) is 10.4. The summed E-state index contributed by atoms with van der Waals surface area (Å²) in [7, 11) is 0. The second kappa shape index (κ2) is 7.03. The zero-order valence-corrected chi connectivity index (χ0v) is 16.9. The molecule has 29 heavy (non-hydrogen) atoms. The van der Waals surface area contributed by atoms with Crippen molar-refractivity contribution in [3.8, 4) is 11.1 Å². The van der Waals surface area contributed by atoms with Crippen LogP contribution in [-0.4, -0.2) is 15.6 Å². The fourth-order valence-electron chi connectivity index (χ4n) is 4.62. The lowest BCUT2D eigenvalue weighted by Gasteiger charge is -2.33. The molecule has 0 amide bonds. The second-order valence-corrected chi connectivity index (χ2v) is 7.91. The molecule has 2 aliphatic rings. The van der Waals surface area contributed by atoms with Gasteiger partial charge in [-0.05, 0) is 42.9 Å². The van der Waals surface area contributed by atoms with E-state index >= 15 is 0 Å². The molecule has 2 heterocycles. The van der Waals surface area contributed by atoms with E-state index in [0.29, 0.717) is 6.42 Å². The van der Waals surface area contributed by atoms with E-state index in [0.717, 1.165) is 58.7 Å². The summed E-state index contributed by atoms with van der Waals surface area (Å²) in [5.74, 6) is 1.23. The number of rotatable bonds is 3. The quantitative estimate of drug-likeness (QED) is 0.655. The van der Waals surface area contributed by atoms with E-state index in [2.05, 4.69) is 60.8 Å². The van der Waals surface area contributed by atoms with Crippen LogP contribution in [-0.2, 0) is 11.2 Å². The molecule has 0 spiro atoms. The Labute approximate surface area is 171 Å². The van der Waals surface area contributed by atoms with Crippen molar-refractivity contribution in [3.05, 3.63) is 82.7 Å². The van der Waals surface area contributed by atoms with Crippen LogP contribution in [0.3, 0.4) is 0 Å². The molecule has 1 aromatic heterocycles. The molecule has 5 rings (SSSR count). The number of Topliss-reactive ketones (excluding diaryl/α,β-unsaturated/α-hetero) is 1. The molecule has 0 fully saturated rings. The van der Waals surface area contributed by atoms with Gasteiger partial charge in [0.15, 0.2) is 5.78 Å². The van der Waals surface area contributed by atoms with Crippen molar-refractivity contribution in [3.63, 3.8) is 0 Å². The van der Waals surface area contributed by atoms with E-state index in [1.165, 1.54) is 5.56 Å². The number of ketones is 1. The number of aryl methyl sites for hydroxylation is 2. The average molecular weight is 383 g/mol. The number of nitrogens with zero attached hydrogens (tertiary/aromatic N) is 2. The first-order chi connectivity index (χ1) is 14.2. The maximum absolute atomic E-state index is 13.0. The van der Waals surface area contributed by atoms with Gasteiger partial charge in [0.2, 0.25) is 0 Å². The molecule has 2 aromatic carbocycles. The fourth-order valence-corrected chi connectivity index (χ4v) is 4.62. The molecule has 146 valence electrons. The normalized spacial score (nSPS) is 18.3. The van der Waals surface area contributed by atoms with Crippen LogP contribution in [0.5, 0.6) is 0 Å². The van der Waals surface area contributed by atoms with Gasteiger partial charge >= 0.3 is 0 Å². The molecule has 1 aliphatic heterocycles. The van der Waals surface area contributed by atoms with Gasteiger partial charge in [-0.15, -0.1) is 0 Å². The Morgan fingerprint density at radius 1 is 1.07 bits per heavy atom. The highest BCUT2D eigenvalue weighted by Gasteiger charge is 2.37. The van der Waals surface area contributed by atoms with E-state index < -0.39 is 0 Å². The standard InChI is InChI=1S/C25H25N3O/c1-3-17-12-14-19(15-13-17)24-23-20(10-7-11-21(23)29)26-25-22(16(2)27-28(24)25)18-8-5-4-6-9-18/h4-6,8-9,12-15,24,26H,3,7,10-11H2,1-2H3. The zero-order chi connectivity index (χ0) is 20.0. The lowest BCUT2D eigenvalue weighted by atomic mass is 9.85. The van der Waals surface area contributed by atoms with E-state index in [9.17, 15) is 4.79 Å². The summed E-state index contributed by atoms with van der Waals surface area (Å²) in [6.45, 7) is 4.21. The molecule has 0 saturated heterocycles. The Kier molecular flexibility index (Phi) is 4.35. The third-order valence-electron chi connectivity index (χ3n) is 6.10. The van der Waals surface area contributed by atoms with Gasteiger partial charge < -0.3 is 5.32 Å². The molecule has 0 saturated carbocycles. The smallest absolute Gasteiger partial charge is 0.163 e. The Morgan fingerprint density at radius 2 is 1.83 bits per heavy atom. The largest absolute Gasteiger partial charge is 0.343 e. The maximum atomic E-state index is 13.0. The molecule has 0 bridgehead atoms. The maximum Gasteiger partial charge on any atom is 0.163 e. The molecule has 1 unspecified atom stereocenters. The van der Waals surface area contributed by atoms with Crippen LogP contribution in [0.4, 0.5) is 5.82 Å².